The Kier molecular flexibility index (Phi) is 7.43. The van der Waals surface area contributed by atoms with Gasteiger partial charge < -0.3 is 14.8 Å². The molecule has 0 saturated carbocycles. The van der Waals surface area contributed by atoms with Crippen LogP contribution >= 0.6 is 11.6 Å². The predicted molar refractivity (Wildman–Crippen MR) is 137 cm³/mol. The fraction of sp³-hybridized carbons (Fsp3) is 0.370. The third-order valence-electron chi connectivity index (χ3n) is 6.69. The summed E-state index contributed by atoms with van der Waals surface area (Å²) >= 11 is 6.24. The smallest absolute Gasteiger partial charge is 0.240 e. The number of nitrogens with one attached hydrogen (secondary N) is 1. The zero-order valence-electron chi connectivity index (χ0n) is 20.5. The number of hydrogen-bond donors (Lipinski definition) is 1. The molecular weight excluding hydrogens is 499 g/mol. The van der Waals surface area contributed by atoms with Gasteiger partial charge in [-0.25, -0.2) is 4.39 Å². The summed E-state index contributed by atoms with van der Waals surface area (Å²) in [6.07, 6.45) is 1.72. The van der Waals surface area contributed by atoms with Crippen LogP contribution in [-0.2, 0) is 34.4 Å². The third-order valence-corrected chi connectivity index (χ3v) is 6.93. The summed E-state index contributed by atoms with van der Waals surface area (Å²) < 4.78 is 27.5. The Bertz CT molecular complexity index is 1320. The van der Waals surface area contributed by atoms with Crippen molar-refractivity contribution >= 4 is 29.2 Å². The number of aromatic nitrogens is 2. The fourth-order valence-corrected chi connectivity index (χ4v) is 4.98. The molecule has 0 spiro atoms. The molecule has 0 bridgehead atoms. The molecule has 10 heteroatoms. The third kappa shape index (κ3) is 5.47. The van der Waals surface area contributed by atoms with E-state index in [0.29, 0.717) is 35.3 Å². The van der Waals surface area contributed by atoms with Crippen LogP contribution in [0.2, 0.25) is 5.02 Å². The molecule has 1 unspecified atom stereocenters. The number of fused-ring (bicyclic) bond motifs is 3. The second-order valence-electron chi connectivity index (χ2n) is 9.34. The van der Waals surface area contributed by atoms with Gasteiger partial charge in [-0.2, -0.15) is 5.10 Å². The SMILES string of the molecule is Cn1nc(N(CC(=O)NCC2CCCOC2)C(=O)Cc2ccccc2F)c2c1-c1cc(Cl)ccc1OC2. The molecule has 1 saturated heterocycles. The van der Waals surface area contributed by atoms with Gasteiger partial charge in [0.2, 0.25) is 11.8 Å². The first-order valence-electron chi connectivity index (χ1n) is 12.3. The molecule has 2 aliphatic rings. The van der Waals surface area contributed by atoms with E-state index in [1.807, 2.05) is 0 Å². The van der Waals surface area contributed by atoms with Gasteiger partial charge in [0, 0.05) is 30.8 Å². The molecule has 1 atom stereocenters. The Balaban J connectivity index is 1.44. The average Bonchev–Trinajstić information content (AvgIpc) is 3.24. The maximum absolute atomic E-state index is 14.4. The maximum atomic E-state index is 14.4. The normalized spacial score (nSPS) is 16.4. The van der Waals surface area contributed by atoms with Gasteiger partial charge in [0.15, 0.2) is 5.82 Å². The quantitative estimate of drug-likeness (QED) is 0.505. The van der Waals surface area contributed by atoms with Crippen LogP contribution in [-0.4, -0.2) is 47.9 Å². The van der Waals surface area contributed by atoms with E-state index >= 15 is 0 Å². The van der Waals surface area contributed by atoms with Gasteiger partial charge in [-0.1, -0.05) is 29.8 Å². The minimum Gasteiger partial charge on any atom is -0.488 e. The maximum Gasteiger partial charge on any atom is 0.240 e. The summed E-state index contributed by atoms with van der Waals surface area (Å²) in [5, 5.41) is 8.08. The summed E-state index contributed by atoms with van der Waals surface area (Å²) in [4.78, 5) is 27.9. The zero-order chi connectivity index (χ0) is 25.9. The molecule has 5 rings (SSSR count). The molecule has 2 aliphatic heterocycles. The summed E-state index contributed by atoms with van der Waals surface area (Å²) in [6, 6.07) is 11.4. The van der Waals surface area contributed by atoms with Gasteiger partial charge in [0.25, 0.3) is 0 Å². The molecule has 0 aliphatic carbocycles. The molecular formula is C27H28ClFN4O4. The first kappa shape index (κ1) is 25.2. The van der Waals surface area contributed by atoms with Crippen LogP contribution in [0.25, 0.3) is 11.3 Å². The number of benzene rings is 2. The van der Waals surface area contributed by atoms with Crippen molar-refractivity contribution in [2.24, 2.45) is 13.0 Å². The number of carbonyl (C=O) groups is 2. The topological polar surface area (TPSA) is 85.7 Å². The Labute approximate surface area is 219 Å². The largest absolute Gasteiger partial charge is 0.488 e. The van der Waals surface area contributed by atoms with Crippen molar-refractivity contribution < 1.29 is 23.5 Å². The van der Waals surface area contributed by atoms with Crippen molar-refractivity contribution in [3.8, 4) is 17.0 Å². The van der Waals surface area contributed by atoms with Crippen molar-refractivity contribution in [3.05, 3.63) is 64.4 Å². The van der Waals surface area contributed by atoms with Gasteiger partial charge in [0.1, 0.15) is 24.7 Å². The monoisotopic (exact) mass is 526 g/mol. The Morgan fingerprint density at radius 2 is 2.11 bits per heavy atom. The average molecular weight is 527 g/mol. The minimum atomic E-state index is -0.479. The van der Waals surface area contributed by atoms with E-state index in [4.69, 9.17) is 21.1 Å². The highest BCUT2D eigenvalue weighted by Crippen LogP contribution is 2.42. The molecule has 1 fully saturated rings. The highest BCUT2D eigenvalue weighted by Gasteiger charge is 2.32. The van der Waals surface area contributed by atoms with E-state index in [1.165, 1.54) is 11.0 Å². The van der Waals surface area contributed by atoms with Crippen LogP contribution in [0.15, 0.2) is 42.5 Å². The molecule has 0 radical (unpaired) electrons. The van der Waals surface area contributed by atoms with Crippen molar-refractivity contribution in [3.63, 3.8) is 0 Å². The number of carbonyl (C=O) groups excluding carboxylic acids is 2. The minimum absolute atomic E-state index is 0.164. The Morgan fingerprint density at radius 3 is 2.89 bits per heavy atom. The van der Waals surface area contributed by atoms with E-state index in [9.17, 15) is 14.0 Å². The number of aryl methyl sites for hydroxylation is 1. The molecule has 1 N–H and O–H groups in total. The summed E-state index contributed by atoms with van der Waals surface area (Å²) in [5.41, 5.74) is 2.41. The van der Waals surface area contributed by atoms with E-state index in [2.05, 4.69) is 10.4 Å². The van der Waals surface area contributed by atoms with Crippen molar-refractivity contribution in [1.29, 1.82) is 0 Å². The standard InChI is InChI=1S/C27H28ClFN4O4/c1-32-26-20-12-19(28)8-9-23(20)37-16-21(26)27(31-32)33(25(35)11-18-6-2-3-7-22(18)29)14-24(34)30-13-17-5-4-10-36-15-17/h2-3,6-9,12,17H,4-5,10-11,13-16H2,1H3,(H,30,34). The molecule has 8 nitrogen and oxygen atoms in total. The molecule has 37 heavy (non-hydrogen) atoms. The van der Waals surface area contributed by atoms with Crippen molar-refractivity contribution in [2.45, 2.75) is 25.9 Å². The molecule has 2 amide bonds. The lowest BCUT2D eigenvalue weighted by molar-refractivity contribution is -0.123. The summed E-state index contributed by atoms with van der Waals surface area (Å²) in [5.74, 6) is -0.0557. The number of hydrogen-bond acceptors (Lipinski definition) is 5. The molecule has 2 aromatic carbocycles. The second-order valence-corrected chi connectivity index (χ2v) is 9.78. The van der Waals surface area contributed by atoms with E-state index in [0.717, 1.165) is 30.7 Å². The van der Waals surface area contributed by atoms with Crippen LogP contribution in [0.4, 0.5) is 10.2 Å². The van der Waals surface area contributed by atoms with E-state index in [-0.39, 0.29) is 37.0 Å². The van der Waals surface area contributed by atoms with Gasteiger partial charge in [-0.3, -0.25) is 19.2 Å². The first-order chi connectivity index (χ1) is 17.9. The lowest BCUT2D eigenvalue weighted by Gasteiger charge is -2.25. The van der Waals surface area contributed by atoms with Crippen molar-refractivity contribution in [2.75, 3.05) is 31.2 Å². The number of anilines is 1. The van der Waals surface area contributed by atoms with E-state index in [1.54, 1.807) is 48.1 Å². The van der Waals surface area contributed by atoms with Gasteiger partial charge in [-0.05, 0) is 48.6 Å². The van der Waals surface area contributed by atoms with Crippen LogP contribution in [0.5, 0.6) is 5.75 Å². The molecule has 3 aromatic rings. The van der Waals surface area contributed by atoms with Crippen LogP contribution in [0, 0.1) is 11.7 Å². The summed E-state index contributed by atoms with van der Waals surface area (Å²) in [6.45, 7) is 1.71. The first-order valence-corrected chi connectivity index (χ1v) is 12.7. The molecule has 1 aromatic heterocycles. The number of halogens is 2. The highest BCUT2D eigenvalue weighted by atomic mass is 35.5. The number of rotatable bonds is 7. The molecule has 194 valence electrons. The highest BCUT2D eigenvalue weighted by molar-refractivity contribution is 6.31. The fourth-order valence-electron chi connectivity index (χ4n) is 4.81. The van der Waals surface area contributed by atoms with E-state index < -0.39 is 11.7 Å². The predicted octanol–water partition coefficient (Wildman–Crippen LogP) is 3.89. The lowest BCUT2D eigenvalue weighted by Crippen LogP contribution is -2.44. The van der Waals surface area contributed by atoms with Gasteiger partial charge in [-0.15, -0.1) is 0 Å². The zero-order valence-corrected chi connectivity index (χ0v) is 21.3. The summed E-state index contributed by atoms with van der Waals surface area (Å²) in [7, 11) is 1.76. The number of ether oxygens (including phenoxy) is 2. The lowest BCUT2D eigenvalue weighted by atomic mass is 10.0. The Hall–Kier alpha value is -3.43. The van der Waals surface area contributed by atoms with Gasteiger partial charge in [0.05, 0.1) is 24.3 Å². The van der Waals surface area contributed by atoms with Crippen LogP contribution in [0.1, 0.15) is 24.0 Å². The van der Waals surface area contributed by atoms with Gasteiger partial charge >= 0.3 is 0 Å². The van der Waals surface area contributed by atoms with Crippen molar-refractivity contribution in [1.82, 2.24) is 15.1 Å². The Morgan fingerprint density at radius 1 is 1.27 bits per heavy atom. The molecule has 3 heterocycles. The second kappa shape index (κ2) is 10.9. The van der Waals surface area contributed by atoms with Crippen LogP contribution < -0.4 is 15.0 Å². The van der Waals surface area contributed by atoms with Crippen LogP contribution in [0.3, 0.4) is 0 Å². The number of nitrogens with zero attached hydrogens (tertiary/aromatic N) is 3. The number of amides is 2.